The minimum atomic E-state index is 0.137. The Kier molecular flexibility index (Phi) is 5.29. The van der Waals surface area contributed by atoms with E-state index in [-0.39, 0.29) is 6.04 Å². The lowest BCUT2D eigenvalue weighted by atomic mass is 10.2. The third-order valence-corrected chi connectivity index (χ3v) is 6.02. The molecule has 3 aromatic rings. The number of aromatic nitrogens is 3. The van der Waals surface area contributed by atoms with Gasteiger partial charge in [0.25, 0.3) is 5.89 Å². The maximum Gasteiger partial charge on any atom is 0.259 e. The standard InChI is InChI=1S/C19H23N5O2S/c1-12-15(13(2)25-22-12)11-27-17-7-5-4-6-14(17)19-21-18(23-26-19)16-10-20-8-9-24(16)3/h4-7,16,20H,8-11H2,1-3H3. The van der Waals surface area contributed by atoms with Crippen LogP contribution >= 0.6 is 11.8 Å². The van der Waals surface area contributed by atoms with Crippen LogP contribution in [0.4, 0.5) is 0 Å². The first-order valence-corrected chi connectivity index (χ1v) is 10.0. The molecule has 27 heavy (non-hydrogen) atoms. The van der Waals surface area contributed by atoms with Gasteiger partial charge in [-0.1, -0.05) is 22.4 Å². The van der Waals surface area contributed by atoms with Crippen molar-refractivity contribution in [2.75, 3.05) is 26.7 Å². The van der Waals surface area contributed by atoms with Crippen LogP contribution in [0.2, 0.25) is 0 Å². The van der Waals surface area contributed by atoms with Crippen molar-refractivity contribution in [3.8, 4) is 11.5 Å². The van der Waals surface area contributed by atoms with E-state index in [0.717, 1.165) is 58.7 Å². The van der Waals surface area contributed by atoms with Gasteiger partial charge in [-0.3, -0.25) is 4.90 Å². The predicted molar refractivity (Wildman–Crippen MR) is 104 cm³/mol. The summed E-state index contributed by atoms with van der Waals surface area (Å²) in [5.74, 6) is 2.94. The average molecular weight is 385 g/mol. The Morgan fingerprint density at radius 1 is 1.22 bits per heavy atom. The number of hydrogen-bond acceptors (Lipinski definition) is 8. The van der Waals surface area contributed by atoms with Crippen molar-refractivity contribution in [3.63, 3.8) is 0 Å². The summed E-state index contributed by atoms with van der Waals surface area (Å²) in [6.45, 7) is 6.70. The van der Waals surface area contributed by atoms with Gasteiger partial charge in [0.15, 0.2) is 5.82 Å². The van der Waals surface area contributed by atoms with Gasteiger partial charge in [-0.25, -0.2) is 0 Å². The molecule has 3 heterocycles. The van der Waals surface area contributed by atoms with Gasteiger partial charge in [0.05, 0.1) is 17.3 Å². The van der Waals surface area contributed by atoms with Crippen LogP contribution in [0.1, 0.15) is 28.9 Å². The van der Waals surface area contributed by atoms with Crippen LogP contribution in [0, 0.1) is 13.8 Å². The Balaban J connectivity index is 1.56. The minimum Gasteiger partial charge on any atom is -0.361 e. The summed E-state index contributed by atoms with van der Waals surface area (Å²) >= 11 is 1.72. The van der Waals surface area contributed by atoms with Crippen molar-refractivity contribution >= 4 is 11.8 Å². The Morgan fingerprint density at radius 2 is 2.07 bits per heavy atom. The van der Waals surface area contributed by atoms with Crippen LogP contribution in [0.25, 0.3) is 11.5 Å². The molecule has 1 atom stereocenters. The summed E-state index contributed by atoms with van der Waals surface area (Å²) in [6.07, 6.45) is 0. The summed E-state index contributed by atoms with van der Waals surface area (Å²) in [6, 6.07) is 8.26. The second kappa shape index (κ2) is 7.84. The van der Waals surface area contributed by atoms with Crippen LogP contribution in [0.15, 0.2) is 38.2 Å². The molecule has 1 aliphatic heterocycles. The normalized spacial score (nSPS) is 18.1. The van der Waals surface area contributed by atoms with Gasteiger partial charge >= 0.3 is 0 Å². The molecule has 2 aromatic heterocycles. The first kappa shape index (κ1) is 18.2. The highest BCUT2D eigenvalue weighted by Crippen LogP contribution is 2.34. The molecule has 0 aliphatic carbocycles. The summed E-state index contributed by atoms with van der Waals surface area (Å²) in [7, 11) is 2.09. The predicted octanol–water partition coefficient (Wildman–Crippen LogP) is 3.21. The molecule has 0 bridgehead atoms. The van der Waals surface area contributed by atoms with E-state index in [1.165, 1.54) is 0 Å². The van der Waals surface area contributed by atoms with E-state index < -0.39 is 0 Å². The van der Waals surface area contributed by atoms with E-state index in [0.29, 0.717) is 5.89 Å². The average Bonchev–Trinajstić information content (AvgIpc) is 3.28. The molecule has 0 saturated carbocycles. The molecule has 1 saturated heterocycles. The zero-order valence-electron chi connectivity index (χ0n) is 15.7. The van der Waals surface area contributed by atoms with E-state index in [1.807, 2.05) is 32.0 Å². The van der Waals surface area contributed by atoms with E-state index in [9.17, 15) is 0 Å². The molecule has 1 aromatic carbocycles. The zero-order chi connectivity index (χ0) is 18.8. The summed E-state index contributed by atoms with van der Waals surface area (Å²) < 4.78 is 10.9. The highest BCUT2D eigenvalue weighted by atomic mass is 32.2. The second-order valence-corrected chi connectivity index (χ2v) is 7.76. The van der Waals surface area contributed by atoms with Gasteiger partial charge < -0.3 is 14.4 Å². The topological polar surface area (TPSA) is 80.2 Å². The zero-order valence-corrected chi connectivity index (χ0v) is 16.5. The molecule has 1 unspecified atom stereocenters. The summed E-state index contributed by atoms with van der Waals surface area (Å²) in [5, 5.41) is 11.7. The number of rotatable bonds is 5. The lowest BCUT2D eigenvalue weighted by Gasteiger charge is -2.30. The monoisotopic (exact) mass is 385 g/mol. The maximum atomic E-state index is 5.62. The number of hydrogen-bond donors (Lipinski definition) is 1. The van der Waals surface area contributed by atoms with Gasteiger partial charge in [-0.2, -0.15) is 4.98 Å². The third kappa shape index (κ3) is 3.78. The first-order chi connectivity index (χ1) is 13.1. The number of piperazine rings is 1. The molecule has 8 heteroatoms. The Bertz CT molecular complexity index is 903. The van der Waals surface area contributed by atoms with Gasteiger partial charge in [0, 0.05) is 35.8 Å². The highest BCUT2D eigenvalue weighted by Gasteiger charge is 2.26. The van der Waals surface area contributed by atoms with Crippen LogP contribution < -0.4 is 5.32 Å². The second-order valence-electron chi connectivity index (χ2n) is 6.75. The van der Waals surface area contributed by atoms with Crippen LogP contribution in [0.5, 0.6) is 0 Å². The fourth-order valence-corrected chi connectivity index (χ4v) is 4.40. The Hall–Kier alpha value is -2.16. The number of thioether (sulfide) groups is 1. The number of benzene rings is 1. The van der Waals surface area contributed by atoms with E-state index in [2.05, 4.69) is 33.6 Å². The van der Waals surface area contributed by atoms with Crippen molar-refractivity contribution in [1.82, 2.24) is 25.5 Å². The quantitative estimate of drug-likeness (QED) is 0.671. The molecule has 142 valence electrons. The molecule has 0 radical (unpaired) electrons. The van der Waals surface area contributed by atoms with Crippen LogP contribution in [-0.4, -0.2) is 46.9 Å². The lowest BCUT2D eigenvalue weighted by Crippen LogP contribution is -2.44. The largest absolute Gasteiger partial charge is 0.361 e. The molecule has 1 aliphatic rings. The third-order valence-electron chi connectivity index (χ3n) is 4.92. The number of aryl methyl sites for hydroxylation is 2. The van der Waals surface area contributed by atoms with Crippen molar-refractivity contribution in [2.24, 2.45) is 0 Å². The molecule has 1 N–H and O–H groups in total. The highest BCUT2D eigenvalue weighted by molar-refractivity contribution is 7.98. The van der Waals surface area contributed by atoms with Crippen molar-refractivity contribution in [2.45, 2.75) is 30.5 Å². The molecular formula is C19H23N5O2S. The fraction of sp³-hybridized carbons (Fsp3) is 0.421. The van der Waals surface area contributed by atoms with Crippen molar-refractivity contribution < 1.29 is 9.05 Å². The molecule has 7 nitrogen and oxygen atoms in total. The van der Waals surface area contributed by atoms with Crippen LogP contribution in [0.3, 0.4) is 0 Å². The molecule has 0 amide bonds. The summed E-state index contributed by atoms with van der Waals surface area (Å²) in [4.78, 5) is 8.04. The van der Waals surface area contributed by atoms with Gasteiger partial charge in [-0.05, 0) is 33.0 Å². The molecule has 4 rings (SSSR count). The summed E-state index contributed by atoms with van der Waals surface area (Å²) in [5.41, 5.74) is 3.03. The smallest absolute Gasteiger partial charge is 0.259 e. The lowest BCUT2D eigenvalue weighted by molar-refractivity contribution is 0.190. The fourth-order valence-electron chi connectivity index (χ4n) is 3.20. The molecule has 1 fully saturated rings. The van der Waals surface area contributed by atoms with Gasteiger partial charge in [0.2, 0.25) is 0 Å². The van der Waals surface area contributed by atoms with E-state index >= 15 is 0 Å². The minimum absolute atomic E-state index is 0.137. The Morgan fingerprint density at radius 3 is 2.85 bits per heavy atom. The van der Waals surface area contributed by atoms with Crippen molar-refractivity contribution in [1.29, 1.82) is 0 Å². The maximum absolute atomic E-state index is 5.62. The molecule has 0 spiro atoms. The van der Waals surface area contributed by atoms with E-state index in [4.69, 9.17) is 14.0 Å². The van der Waals surface area contributed by atoms with Gasteiger partial charge in [0.1, 0.15) is 5.76 Å². The molecular weight excluding hydrogens is 362 g/mol. The van der Waals surface area contributed by atoms with Crippen LogP contribution in [-0.2, 0) is 5.75 Å². The number of likely N-dealkylation sites (N-methyl/N-ethyl adjacent to an activating group) is 1. The first-order valence-electron chi connectivity index (χ1n) is 9.02. The van der Waals surface area contributed by atoms with Gasteiger partial charge in [-0.15, -0.1) is 11.8 Å². The SMILES string of the molecule is Cc1noc(C)c1CSc1ccccc1-c1nc(C2CNCCN2C)no1. The number of nitrogens with zero attached hydrogens (tertiary/aromatic N) is 4. The Labute approximate surface area is 162 Å². The van der Waals surface area contributed by atoms with Crippen molar-refractivity contribution in [3.05, 3.63) is 47.1 Å². The van der Waals surface area contributed by atoms with E-state index in [1.54, 1.807) is 11.8 Å². The number of nitrogens with one attached hydrogen (secondary N) is 1.